The molecule has 1 aliphatic rings. The van der Waals surface area contributed by atoms with Crippen LogP contribution in [-0.4, -0.2) is 22.7 Å². The summed E-state index contributed by atoms with van der Waals surface area (Å²) in [6.07, 6.45) is 0.925. The quantitative estimate of drug-likeness (QED) is 0.563. The Kier molecular flexibility index (Phi) is 3.06. The van der Waals surface area contributed by atoms with Crippen molar-refractivity contribution >= 4 is 27.5 Å². The highest BCUT2D eigenvalue weighted by Gasteiger charge is 2.15. The smallest absolute Gasteiger partial charge is 0.274 e. The minimum atomic E-state index is -0.522. The predicted molar refractivity (Wildman–Crippen MR) is 83.5 cm³/mol. The lowest BCUT2D eigenvalue weighted by atomic mass is 10.1. The molecular weight excluding hydrogens is 300 g/mol. The predicted octanol–water partition coefficient (Wildman–Crippen LogP) is 3.02. The van der Waals surface area contributed by atoms with Crippen molar-refractivity contribution < 1.29 is 14.7 Å². The van der Waals surface area contributed by atoms with Gasteiger partial charge >= 0.3 is 0 Å². The lowest BCUT2D eigenvalue weighted by Gasteiger charge is -2.00. The van der Waals surface area contributed by atoms with Gasteiger partial charge in [0.2, 0.25) is 0 Å². The number of carbonyl (C=O) groups excluding carboxylic acids is 1. The summed E-state index contributed by atoms with van der Waals surface area (Å²) in [5, 5.41) is 9.62. The molecule has 0 saturated carbocycles. The Morgan fingerprint density at radius 3 is 3.05 bits per heavy atom. The van der Waals surface area contributed by atoms with Crippen molar-refractivity contribution in [2.45, 2.75) is 6.42 Å². The van der Waals surface area contributed by atoms with Gasteiger partial charge in [0.05, 0.1) is 16.8 Å². The van der Waals surface area contributed by atoms with Gasteiger partial charge in [-0.25, -0.2) is 10.5 Å². The fraction of sp³-hybridized carbons (Fsp3) is 0.125. The van der Waals surface area contributed by atoms with E-state index in [0.29, 0.717) is 5.56 Å². The van der Waals surface area contributed by atoms with Gasteiger partial charge in [0.1, 0.15) is 10.8 Å². The number of nitrogens with one attached hydrogen (secondary N) is 1. The summed E-state index contributed by atoms with van der Waals surface area (Å²) < 4.78 is 6.43. The Bertz CT molecular complexity index is 888. The average molecular weight is 312 g/mol. The fourth-order valence-electron chi connectivity index (χ4n) is 2.57. The normalized spacial score (nSPS) is 13.0. The molecule has 1 aliphatic heterocycles. The second kappa shape index (κ2) is 5.08. The zero-order valence-corrected chi connectivity index (χ0v) is 12.3. The number of thiazole rings is 1. The Labute approximate surface area is 130 Å². The van der Waals surface area contributed by atoms with Crippen LogP contribution in [0.1, 0.15) is 15.9 Å². The molecule has 22 heavy (non-hydrogen) atoms. The van der Waals surface area contributed by atoms with E-state index < -0.39 is 5.91 Å². The van der Waals surface area contributed by atoms with Crippen LogP contribution in [0.5, 0.6) is 5.75 Å². The molecule has 4 rings (SSSR count). The van der Waals surface area contributed by atoms with E-state index in [-0.39, 0.29) is 0 Å². The first kappa shape index (κ1) is 13.2. The Balaban J connectivity index is 1.77. The number of amides is 1. The zero-order chi connectivity index (χ0) is 15.1. The molecule has 6 heteroatoms. The first-order chi connectivity index (χ1) is 10.7. The molecule has 0 aliphatic carbocycles. The number of hydrogen-bond acceptors (Lipinski definition) is 5. The van der Waals surface area contributed by atoms with Crippen LogP contribution in [0, 0.1) is 0 Å². The zero-order valence-electron chi connectivity index (χ0n) is 11.5. The van der Waals surface area contributed by atoms with Crippen molar-refractivity contribution in [3.8, 4) is 16.3 Å². The molecule has 5 nitrogen and oxygen atoms in total. The van der Waals surface area contributed by atoms with Gasteiger partial charge in [0.15, 0.2) is 0 Å². The number of benzene rings is 2. The Hall–Kier alpha value is -2.44. The van der Waals surface area contributed by atoms with Crippen molar-refractivity contribution in [2.24, 2.45) is 0 Å². The summed E-state index contributed by atoms with van der Waals surface area (Å²) in [7, 11) is 0. The summed E-state index contributed by atoms with van der Waals surface area (Å²) in [6.45, 7) is 0.734. The summed E-state index contributed by atoms with van der Waals surface area (Å²) in [4.78, 5) is 16.1. The SMILES string of the molecule is O=C(NO)c1ccc2nc(-c3ccc4c(c3)CCO4)sc2c1. The Morgan fingerprint density at radius 2 is 2.18 bits per heavy atom. The first-order valence-electron chi connectivity index (χ1n) is 6.86. The number of ether oxygens (including phenoxy) is 1. The molecule has 0 saturated heterocycles. The van der Waals surface area contributed by atoms with Crippen molar-refractivity contribution in [3.05, 3.63) is 47.5 Å². The second-order valence-electron chi connectivity index (χ2n) is 5.06. The van der Waals surface area contributed by atoms with E-state index in [4.69, 9.17) is 9.94 Å². The van der Waals surface area contributed by atoms with E-state index in [2.05, 4.69) is 11.1 Å². The van der Waals surface area contributed by atoms with Gasteiger partial charge in [-0.15, -0.1) is 11.3 Å². The maximum Gasteiger partial charge on any atom is 0.274 e. The molecule has 110 valence electrons. The lowest BCUT2D eigenvalue weighted by Crippen LogP contribution is -2.18. The minimum Gasteiger partial charge on any atom is -0.493 e. The molecular formula is C16H12N2O3S. The average Bonchev–Trinajstić information content (AvgIpc) is 3.18. The number of nitrogens with zero attached hydrogens (tertiary/aromatic N) is 1. The van der Waals surface area contributed by atoms with Gasteiger partial charge in [0.25, 0.3) is 5.91 Å². The van der Waals surface area contributed by atoms with Crippen LogP contribution in [-0.2, 0) is 6.42 Å². The van der Waals surface area contributed by atoms with E-state index in [1.54, 1.807) is 23.7 Å². The number of rotatable bonds is 2. The van der Waals surface area contributed by atoms with Gasteiger partial charge in [-0.2, -0.15) is 0 Å². The highest BCUT2D eigenvalue weighted by molar-refractivity contribution is 7.21. The molecule has 2 heterocycles. The van der Waals surface area contributed by atoms with Gasteiger partial charge in [-0.3, -0.25) is 10.0 Å². The molecule has 0 fully saturated rings. The Morgan fingerprint density at radius 1 is 1.27 bits per heavy atom. The molecule has 1 amide bonds. The van der Waals surface area contributed by atoms with Gasteiger partial charge < -0.3 is 4.74 Å². The highest BCUT2D eigenvalue weighted by atomic mass is 32.1. The van der Waals surface area contributed by atoms with E-state index in [9.17, 15) is 4.79 Å². The van der Waals surface area contributed by atoms with Gasteiger partial charge in [-0.05, 0) is 42.0 Å². The third-order valence-electron chi connectivity index (χ3n) is 3.69. The number of aromatic nitrogens is 1. The first-order valence-corrected chi connectivity index (χ1v) is 7.67. The number of fused-ring (bicyclic) bond motifs is 2. The van der Waals surface area contributed by atoms with Crippen LogP contribution in [0.3, 0.4) is 0 Å². The van der Waals surface area contributed by atoms with Crippen LogP contribution in [0.2, 0.25) is 0 Å². The number of hydroxylamine groups is 1. The van der Waals surface area contributed by atoms with Gasteiger partial charge in [-0.1, -0.05) is 0 Å². The largest absolute Gasteiger partial charge is 0.493 e. The minimum absolute atomic E-state index is 0.410. The molecule has 0 bridgehead atoms. The van der Waals surface area contributed by atoms with Crippen molar-refractivity contribution in [1.82, 2.24) is 10.5 Å². The molecule has 3 aromatic rings. The number of carbonyl (C=O) groups is 1. The van der Waals surface area contributed by atoms with Crippen molar-refractivity contribution in [2.75, 3.05) is 6.61 Å². The molecule has 1 aromatic heterocycles. The summed E-state index contributed by atoms with van der Waals surface area (Å²) >= 11 is 1.52. The maximum absolute atomic E-state index is 11.5. The third-order valence-corrected chi connectivity index (χ3v) is 4.76. The van der Waals surface area contributed by atoms with Crippen LogP contribution in [0.25, 0.3) is 20.8 Å². The monoisotopic (exact) mass is 312 g/mol. The van der Waals surface area contributed by atoms with E-state index in [1.807, 2.05) is 12.1 Å². The summed E-state index contributed by atoms with van der Waals surface area (Å²) in [6, 6.07) is 11.3. The summed E-state index contributed by atoms with van der Waals surface area (Å²) in [5.41, 5.74) is 5.15. The van der Waals surface area contributed by atoms with E-state index in [1.165, 1.54) is 16.9 Å². The standard InChI is InChI=1S/C16H12N2O3S/c19-15(18-20)10-1-3-12-14(8-10)22-16(17-12)11-2-4-13-9(7-11)5-6-21-13/h1-4,7-8,20H,5-6H2,(H,18,19). The van der Waals surface area contributed by atoms with Crippen LogP contribution in [0.4, 0.5) is 0 Å². The van der Waals surface area contributed by atoms with E-state index >= 15 is 0 Å². The second-order valence-corrected chi connectivity index (χ2v) is 6.09. The number of hydrogen-bond donors (Lipinski definition) is 2. The van der Waals surface area contributed by atoms with Crippen molar-refractivity contribution in [1.29, 1.82) is 0 Å². The topological polar surface area (TPSA) is 71.5 Å². The lowest BCUT2D eigenvalue weighted by molar-refractivity contribution is 0.0706. The van der Waals surface area contributed by atoms with Gasteiger partial charge in [0, 0.05) is 17.5 Å². The molecule has 0 atom stereocenters. The molecule has 0 unspecified atom stereocenters. The highest BCUT2D eigenvalue weighted by Crippen LogP contribution is 2.34. The third kappa shape index (κ3) is 2.13. The molecule has 0 spiro atoms. The van der Waals surface area contributed by atoms with Crippen LogP contribution in [0.15, 0.2) is 36.4 Å². The van der Waals surface area contributed by atoms with Crippen molar-refractivity contribution in [3.63, 3.8) is 0 Å². The molecule has 2 N–H and O–H groups in total. The molecule has 2 aromatic carbocycles. The fourth-order valence-corrected chi connectivity index (χ4v) is 3.57. The van der Waals surface area contributed by atoms with Crippen LogP contribution >= 0.6 is 11.3 Å². The van der Waals surface area contributed by atoms with Crippen LogP contribution < -0.4 is 10.2 Å². The summed E-state index contributed by atoms with van der Waals surface area (Å²) in [5.74, 6) is 0.429. The molecule has 0 radical (unpaired) electrons. The van der Waals surface area contributed by atoms with E-state index in [0.717, 1.165) is 39.6 Å². The maximum atomic E-state index is 11.5.